The van der Waals surface area contributed by atoms with Crippen LogP contribution in [-0.4, -0.2) is 11.9 Å². The van der Waals surface area contributed by atoms with E-state index in [2.05, 4.69) is 13.2 Å². The zero-order chi connectivity index (χ0) is 17.4. The van der Waals surface area contributed by atoms with Crippen LogP contribution in [0.2, 0.25) is 0 Å². The van der Waals surface area contributed by atoms with Gasteiger partial charge >= 0.3 is 11.9 Å². The summed E-state index contributed by atoms with van der Waals surface area (Å²) in [4.78, 5) is 23.5. The maximum absolute atomic E-state index is 11.8. The average molecular weight is 322 g/mol. The van der Waals surface area contributed by atoms with Gasteiger partial charge in [0, 0.05) is 0 Å². The number of carbonyl (C=O) groups excluding carboxylic acids is 2. The van der Waals surface area contributed by atoms with Crippen LogP contribution in [0, 0.1) is 0 Å². The van der Waals surface area contributed by atoms with Crippen molar-refractivity contribution in [3.05, 3.63) is 85.0 Å². The van der Waals surface area contributed by atoms with E-state index in [0.717, 1.165) is 24.0 Å². The zero-order valence-electron chi connectivity index (χ0n) is 13.2. The molecular formula is C20H18O4. The van der Waals surface area contributed by atoms with Crippen molar-refractivity contribution >= 4 is 11.9 Å². The first-order valence-electron chi connectivity index (χ1n) is 7.46. The molecule has 4 nitrogen and oxygen atoms in total. The third kappa shape index (κ3) is 4.95. The van der Waals surface area contributed by atoms with Gasteiger partial charge in [0.25, 0.3) is 0 Å². The Hall–Kier alpha value is -3.14. The quantitative estimate of drug-likeness (QED) is 0.352. The monoisotopic (exact) mass is 322 g/mol. The molecule has 0 unspecified atom stereocenters. The van der Waals surface area contributed by atoms with Gasteiger partial charge in [0.1, 0.15) is 11.5 Å². The number of allylic oxidation sites excluding steroid dienone is 2. The minimum Gasteiger partial charge on any atom is -0.418 e. The van der Waals surface area contributed by atoms with Crippen LogP contribution in [-0.2, 0) is 22.4 Å². The minimum atomic E-state index is -1.07. The Morgan fingerprint density at radius 3 is 1.33 bits per heavy atom. The van der Waals surface area contributed by atoms with Crippen LogP contribution in [0.15, 0.2) is 73.8 Å². The van der Waals surface area contributed by atoms with Crippen molar-refractivity contribution in [2.75, 3.05) is 0 Å². The molecular weight excluding hydrogens is 304 g/mol. The van der Waals surface area contributed by atoms with Gasteiger partial charge in [-0.3, -0.25) is 0 Å². The third-order valence-electron chi connectivity index (χ3n) is 3.19. The van der Waals surface area contributed by atoms with E-state index in [1.54, 1.807) is 60.7 Å². The molecule has 122 valence electrons. The Kier molecular flexibility index (Phi) is 6.08. The highest BCUT2D eigenvalue weighted by atomic mass is 16.6. The van der Waals surface area contributed by atoms with Gasteiger partial charge in [-0.05, 0) is 48.2 Å². The number of ether oxygens (including phenoxy) is 2. The van der Waals surface area contributed by atoms with Crippen molar-refractivity contribution in [1.29, 1.82) is 0 Å². The lowest BCUT2D eigenvalue weighted by atomic mass is 10.1. The second kappa shape index (κ2) is 8.48. The second-order valence-electron chi connectivity index (χ2n) is 5.05. The van der Waals surface area contributed by atoms with E-state index < -0.39 is 11.9 Å². The van der Waals surface area contributed by atoms with Gasteiger partial charge in [-0.2, -0.15) is 0 Å². The molecule has 0 bridgehead atoms. The molecule has 0 aliphatic heterocycles. The molecule has 0 aromatic heterocycles. The molecule has 24 heavy (non-hydrogen) atoms. The maximum atomic E-state index is 11.8. The summed E-state index contributed by atoms with van der Waals surface area (Å²) < 4.78 is 9.98. The van der Waals surface area contributed by atoms with Crippen LogP contribution in [0.5, 0.6) is 11.5 Å². The zero-order valence-corrected chi connectivity index (χ0v) is 13.2. The van der Waals surface area contributed by atoms with Crippen LogP contribution in [0.4, 0.5) is 0 Å². The number of benzene rings is 2. The highest BCUT2D eigenvalue weighted by Crippen LogP contribution is 2.15. The number of hydrogen-bond donors (Lipinski definition) is 0. The summed E-state index contributed by atoms with van der Waals surface area (Å²) >= 11 is 0. The highest BCUT2D eigenvalue weighted by molar-refractivity contribution is 6.31. The largest absolute Gasteiger partial charge is 0.423 e. The molecule has 0 fully saturated rings. The van der Waals surface area contributed by atoms with Gasteiger partial charge in [0.2, 0.25) is 0 Å². The molecule has 0 N–H and O–H groups in total. The smallest absolute Gasteiger partial charge is 0.418 e. The average Bonchev–Trinajstić information content (AvgIpc) is 2.59. The topological polar surface area (TPSA) is 52.6 Å². The molecule has 0 aliphatic rings. The molecule has 0 heterocycles. The fourth-order valence-corrected chi connectivity index (χ4v) is 2.02. The Balaban J connectivity index is 1.92. The van der Waals surface area contributed by atoms with Gasteiger partial charge in [-0.1, -0.05) is 36.4 Å². The van der Waals surface area contributed by atoms with Gasteiger partial charge in [0.15, 0.2) is 0 Å². The first kappa shape index (κ1) is 17.2. The Bertz CT molecular complexity index is 662. The van der Waals surface area contributed by atoms with E-state index >= 15 is 0 Å². The summed E-state index contributed by atoms with van der Waals surface area (Å²) in [6, 6.07) is 13.7. The lowest BCUT2D eigenvalue weighted by molar-refractivity contribution is -0.156. The molecule has 0 aliphatic carbocycles. The summed E-state index contributed by atoms with van der Waals surface area (Å²) in [6.45, 7) is 7.31. The van der Waals surface area contributed by atoms with Crippen molar-refractivity contribution in [3.8, 4) is 11.5 Å². The Labute approximate surface area is 141 Å². The summed E-state index contributed by atoms with van der Waals surface area (Å²) in [7, 11) is 0. The Morgan fingerprint density at radius 2 is 1.04 bits per heavy atom. The molecule has 0 amide bonds. The molecule has 2 aromatic carbocycles. The van der Waals surface area contributed by atoms with E-state index in [1.807, 2.05) is 0 Å². The standard InChI is InChI=1S/C20H18O4/c1-3-5-15-7-11-17(12-8-15)23-19(21)20(22)24-18-13-9-16(6-4-2)10-14-18/h3-4,7-14H,1-2,5-6H2. The number of hydrogen-bond acceptors (Lipinski definition) is 4. The van der Waals surface area contributed by atoms with E-state index in [0.29, 0.717) is 0 Å². The van der Waals surface area contributed by atoms with E-state index in [9.17, 15) is 9.59 Å². The van der Waals surface area contributed by atoms with Crippen molar-refractivity contribution in [3.63, 3.8) is 0 Å². The summed E-state index contributed by atoms with van der Waals surface area (Å²) in [5.74, 6) is -1.57. The second-order valence-corrected chi connectivity index (χ2v) is 5.05. The van der Waals surface area contributed by atoms with Gasteiger partial charge in [-0.15, -0.1) is 13.2 Å². The lowest BCUT2D eigenvalue weighted by Crippen LogP contribution is -2.25. The highest BCUT2D eigenvalue weighted by Gasteiger charge is 2.19. The maximum Gasteiger partial charge on any atom is 0.423 e. The van der Waals surface area contributed by atoms with E-state index in [-0.39, 0.29) is 11.5 Å². The molecule has 0 atom stereocenters. The molecule has 0 saturated heterocycles. The van der Waals surface area contributed by atoms with Crippen LogP contribution < -0.4 is 9.47 Å². The minimum absolute atomic E-state index is 0.283. The third-order valence-corrected chi connectivity index (χ3v) is 3.19. The van der Waals surface area contributed by atoms with Gasteiger partial charge < -0.3 is 9.47 Å². The van der Waals surface area contributed by atoms with Gasteiger partial charge in [0.05, 0.1) is 0 Å². The fraction of sp³-hybridized carbons (Fsp3) is 0.100. The van der Waals surface area contributed by atoms with E-state index in [4.69, 9.17) is 9.47 Å². The number of rotatable bonds is 6. The first-order chi connectivity index (χ1) is 11.6. The molecule has 2 rings (SSSR count). The lowest BCUT2D eigenvalue weighted by Gasteiger charge is -2.06. The fourth-order valence-electron chi connectivity index (χ4n) is 2.02. The summed E-state index contributed by atoms with van der Waals surface area (Å²) in [6.07, 6.45) is 4.99. The number of carbonyl (C=O) groups is 2. The van der Waals surface area contributed by atoms with E-state index in [1.165, 1.54) is 0 Å². The van der Waals surface area contributed by atoms with Gasteiger partial charge in [-0.25, -0.2) is 9.59 Å². The SMILES string of the molecule is C=CCc1ccc(OC(=O)C(=O)Oc2ccc(CC=C)cc2)cc1. The van der Waals surface area contributed by atoms with Crippen LogP contribution in [0.3, 0.4) is 0 Å². The molecule has 0 spiro atoms. The molecule has 0 radical (unpaired) electrons. The summed E-state index contributed by atoms with van der Waals surface area (Å²) in [5.41, 5.74) is 2.07. The van der Waals surface area contributed by atoms with Crippen LogP contribution in [0.1, 0.15) is 11.1 Å². The van der Waals surface area contributed by atoms with Crippen molar-refractivity contribution in [2.45, 2.75) is 12.8 Å². The van der Waals surface area contributed by atoms with Crippen LogP contribution >= 0.6 is 0 Å². The number of esters is 2. The van der Waals surface area contributed by atoms with Crippen molar-refractivity contribution in [1.82, 2.24) is 0 Å². The molecule has 0 saturated carbocycles. The predicted molar refractivity (Wildman–Crippen MR) is 92.0 cm³/mol. The Morgan fingerprint density at radius 1 is 0.708 bits per heavy atom. The normalized spacial score (nSPS) is 9.83. The summed E-state index contributed by atoms with van der Waals surface area (Å²) in [5, 5.41) is 0. The molecule has 4 heteroatoms. The van der Waals surface area contributed by atoms with Crippen LogP contribution in [0.25, 0.3) is 0 Å². The van der Waals surface area contributed by atoms with Crippen molar-refractivity contribution in [2.24, 2.45) is 0 Å². The first-order valence-corrected chi connectivity index (χ1v) is 7.46. The predicted octanol–water partition coefficient (Wildman–Crippen LogP) is 3.65. The molecule has 2 aromatic rings. The van der Waals surface area contributed by atoms with Crippen molar-refractivity contribution < 1.29 is 19.1 Å².